The molecule has 1 rings (SSSR count). The Morgan fingerprint density at radius 3 is 2.06 bits per heavy atom. The molecule has 17 heavy (non-hydrogen) atoms. The monoisotopic (exact) mass is 297 g/mol. The molecule has 1 aromatic rings. The Kier molecular flexibility index (Phi) is 6.83. The Morgan fingerprint density at radius 1 is 1.06 bits per heavy atom. The van der Waals surface area contributed by atoms with Crippen LogP contribution in [-0.2, 0) is 0 Å². The van der Waals surface area contributed by atoms with Crippen LogP contribution in [0.15, 0.2) is 28.7 Å². The van der Waals surface area contributed by atoms with Crippen LogP contribution in [0.2, 0.25) is 0 Å². The molecule has 0 amide bonds. The Hall–Kier alpha value is -0.340. The normalized spacial score (nSPS) is 13.0. The van der Waals surface area contributed by atoms with E-state index < -0.39 is 0 Å². The first-order valence-electron chi connectivity index (χ1n) is 6.68. The molecule has 1 N–H and O–H groups in total. The summed E-state index contributed by atoms with van der Waals surface area (Å²) in [6.07, 6.45) is 5.05. The van der Waals surface area contributed by atoms with Gasteiger partial charge >= 0.3 is 0 Å². The molecule has 0 fully saturated rings. The van der Waals surface area contributed by atoms with E-state index in [0.717, 1.165) is 4.47 Å². The van der Waals surface area contributed by atoms with E-state index in [1.165, 1.54) is 31.2 Å². The first-order valence-corrected chi connectivity index (χ1v) is 7.48. The SMILES string of the molecule is CCCC(CCC)N[C@@H](C)c1ccc(Br)cc1. The summed E-state index contributed by atoms with van der Waals surface area (Å²) in [5.74, 6) is 0. The minimum atomic E-state index is 0.436. The number of benzene rings is 1. The van der Waals surface area contributed by atoms with Gasteiger partial charge in [-0.1, -0.05) is 54.8 Å². The number of rotatable bonds is 7. The smallest absolute Gasteiger partial charge is 0.0294 e. The van der Waals surface area contributed by atoms with E-state index in [1.807, 2.05) is 0 Å². The topological polar surface area (TPSA) is 12.0 Å². The number of halogens is 1. The Morgan fingerprint density at radius 2 is 1.59 bits per heavy atom. The summed E-state index contributed by atoms with van der Waals surface area (Å²) in [6.45, 7) is 6.77. The first-order chi connectivity index (χ1) is 8.17. The highest BCUT2D eigenvalue weighted by molar-refractivity contribution is 9.10. The van der Waals surface area contributed by atoms with Crippen molar-refractivity contribution < 1.29 is 0 Å². The van der Waals surface area contributed by atoms with E-state index in [1.54, 1.807) is 0 Å². The second-order valence-electron chi connectivity index (χ2n) is 4.71. The van der Waals surface area contributed by atoms with Gasteiger partial charge in [-0.05, 0) is 37.5 Å². The summed E-state index contributed by atoms with van der Waals surface area (Å²) in [6, 6.07) is 9.70. The number of nitrogens with one attached hydrogen (secondary N) is 1. The molecule has 1 atom stereocenters. The molecule has 0 saturated heterocycles. The van der Waals surface area contributed by atoms with Gasteiger partial charge in [0, 0.05) is 16.6 Å². The predicted octanol–water partition coefficient (Wildman–Crippen LogP) is 5.07. The van der Waals surface area contributed by atoms with E-state index in [9.17, 15) is 0 Å². The van der Waals surface area contributed by atoms with Gasteiger partial charge < -0.3 is 5.32 Å². The lowest BCUT2D eigenvalue weighted by Gasteiger charge is -2.23. The Labute approximate surface area is 114 Å². The van der Waals surface area contributed by atoms with Crippen molar-refractivity contribution in [3.63, 3.8) is 0 Å². The quantitative estimate of drug-likeness (QED) is 0.741. The maximum absolute atomic E-state index is 3.74. The molecule has 0 spiro atoms. The maximum Gasteiger partial charge on any atom is 0.0294 e. The fraction of sp³-hybridized carbons (Fsp3) is 0.600. The van der Waals surface area contributed by atoms with Gasteiger partial charge in [0.1, 0.15) is 0 Å². The zero-order valence-electron chi connectivity index (χ0n) is 11.2. The lowest BCUT2D eigenvalue weighted by Crippen LogP contribution is -2.31. The molecular weight excluding hydrogens is 274 g/mol. The van der Waals surface area contributed by atoms with Gasteiger partial charge in [-0.15, -0.1) is 0 Å². The van der Waals surface area contributed by atoms with Gasteiger partial charge in [0.25, 0.3) is 0 Å². The van der Waals surface area contributed by atoms with Crippen LogP contribution in [0.25, 0.3) is 0 Å². The minimum Gasteiger partial charge on any atom is -0.307 e. The van der Waals surface area contributed by atoms with Crippen molar-refractivity contribution in [1.29, 1.82) is 0 Å². The molecule has 2 heteroatoms. The van der Waals surface area contributed by atoms with Crippen molar-refractivity contribution >= 4 is 15.9 Å². The van der Waals surface area contributed by atoms with Crippen LogP contribution in [0, 0.1) is 0 Å². The van der Waals surface area contributed by atoms with Gasteiger partial charge in [-0.2, -0.15) is 0 Å². The third-order valence-corrected chi connectivity index (χ3v) is 3.66. The molecule has 0 aliphatic carbocycles. The van der Waals surface area contributed by atoms with Crippen LogP contribution in [0.5, 0.6) is 0 Å². The molecule has 96 valence electrons. The first kappa shape index (κ1) is 14.7. The van der Waals surface area contributed by atoms with Gasteiger partial charge in [-0.25, -0.2) is 0 Å². The molecule has 1 nitrogen and oxygen atoms in total. The highest BCUT2D eigenvalue weighted by Gasteiger charge is 2.11. The predicted molar refractivity (Wildman–Crippen MR) is 79.3 cm³/mol. The highest BCUT2D eigenvalue weighted by atomic mass is 79.9. The summed E-state index contributed by atoms with van der Waals surface area (Å²) in [7, 11) is 0. The lowest BCUT2D eigenvalue weighted by atomic mass is 10.0. The number of hydrogen-bond acceptors (Lipinski definition) is 1. The van der Waals surface area contributed by atoms with Crippen molar-refractivity contribution in [1.82, 2.24) is 5.32 Å². The van der Waals surface area contributed by atoms with Crippen LogP contribution < -0.4 is 5.32 Å². The summed E-state index contributed by atoms with van der Waals surface area (Å²) in [5, 5.41) is 3.74. The van der Waals surface area contributed by atoms with E-state index in [0.29, 0.717) is 12.1 Å². The molecule has 1 aromatic carbocycles. The molecule has 0 bridgehead atoms. The zero-order chi connectivity index (χ0) is 12.7. The average molecular weight is 298 g/mol. The average Bonchev–Trinajstić information content (AvgIpc) is 2.30. The van der Waals surface area contributed by atoms with Crippen LogP contribution in [-0.4, -0.2) is 6.04 Å². The molecule has 0 aromatic heterocycles. The Bertz CT molecular complexity index is 301. The lowest BCUT2D eigenvalue weighted by molar-refractivity contribution is 0.402. The molecule has 0 saturated carbocycles. The fourth-order valence-corrected chi connectivity index (χ4v) is 2.47. The van der Waals surface area contributed by atoms with Gasteiger partial charge in [0.2, 0.25) is 0 Å². The second-order valence-corrected chi connectivity index (χ2v) is 5.63. The molecule has 0 aliphatic heterocycles. The summed E-state index contributed by atoms with van der Waals surface area (Å²) in [4.78, 5) is 0. The molecule has 0 heterocycles. The van der Waals surface area contributed by atoms with Crippen molar-refractivity contribution in [2.24, 2.45) is 0 Å². The van der Waals surface area contributed by atoms with Gasteiger partial charge in [-0.3, -0.25) is 0 Å². The molecule has 0 radical (unpaired) electrons. The summed E-state index contributed by atoms with van der Waals surface area (Å²) >= 11 is 3.47. The third kappa shape index (κ3) is 5.22. The molecule has 0 unspecified atom stereocenters. The van der Waals surface area contributed by atoms with E-state index in [2.05, 4.69) is 66.3 Å². The standard InChI is InChI=1S/C15H24BrN/c1-4-6-15(7-5-2)17-12(3)13-8-10-14(16)11-9-13/h8-12,15,17H,4-7H2,1-3H3/t12-/m0/s1. The summed E-state index contributed by atoms with van der Waals surface area (Å²) in [5.41, 5.74) is 1.37. The fourth-order valence-electron chi connectivity index (χ4n) is 2.21. The summed E-state index contributed by atoms with van der Waals surface area (Å²) < 4.78 is 1.15. The van der Waals surface area contributed by atoms with Crippen LogP contribution >= 0.6 is 15.9 Å². The van der Waals surface area contributed by atoms with Crippen molar-refractivity contribution in [2.75, 3.05) is 0 Å². The van der Waals surface area contributed by atoms with Gasteiger partial charge in [0.05, 0.1) is 0 Å². The van der Waals surface area contributed by atoms with E-state index >= 15 is 0 Å². The minimum absolute atomic E-state index is 0.436. The molecule has 0 aliphatic rings. The zero-order valence-corrected chi connectivity index (χ0v) is 12.8. The van der Waals surface area contributed by atoms with Crippen LogP contribution in [0.3, 0.4) is 0 Å². The molecular formula is C15H24BrN. The largest absolute Gasteiger partial charge is 0.307 e. The highest BCUT2D eigenvalue weighted by Crippen LogP contribution is 2.18. The van der Waals surface area contributed by atoms with Crippen molar-refractivity contribution in [3.05, 3.63) is 34.3 Å². The van der Waals surface area contributed by atoms with Gasteiger partial charge in [0.15, 0.2) is 0 Å². The third-order valence-electron chi connectivity index (χ3n) is 3.13. The van der Waals surface area contributed by atoms with E-state index in [4.69, 9.17) is 0 Å². The van der Waals surface area contributed by atoms with Crippen LogP contribution in [0.1, 0.15) is 58.1 Å². The second kappa shape index (κ2) is 7.88. The van der Waals surface area contributed by atoms with E-state index in [-0.39, 0.29) is 0 Å². The number of hydrogen-bond donors (Lipinski definition) is 1. The van der Waals surface area contributed by atoms with Crippen molar-refractivity contribution in [2.45, 2.75) is 58.5 Å². The van der Waals surface area contributed by atoms with Crippen LogP contribution in [0.4, 0.5) is 0 Å². The Balaban J connectivity index is 2.56. The van der Waals surface area contributed by atoms with Crippen molar-refractivity contribution in [3.8, 4) is 0 Å². The maximum atomic E-state index is 3.74.